The van der Waals surface area contributed by atoms with E-state index >= 15 is 0 Å². The Balaban J connectivity index is 2.20. The van der Waals surface area contributed by atoms with Crippen molar-refractivity contribution in [2.75, 3.05) is 0 Å². The Bertz CT molecular complexity index is 737. The first-order chi connectivity index (χ1) is 11.4. The molecule has 1 heterocycles. The van der Waals surface area contributed by atoms with E-state index in [-0.39, 0.29) is 0 Å². The SMILES string of the molecule is CCCC[C@H](NC(=O)c1cnn(-c2cccc(C)c2)c1C)C(=O)O. The van der Waals surface area contributed by atoms with Crippen molar-refractivity contribution in [3.63, 3.8) is 0 Å². The molecule has 0 aliphatic carbocycles. The number of hydrogen-bond acceptors (Lipinski definition) is 3. The smallest absolute Gasteiger partial charge is 0.326 e. The van der Waals surface area contributed by atoms with Crippen LogP contribution in [-0.4, -0.2) is 32.8 Å². The molecule has 1 atom stereocenters. The van der Waals surface area contributed by atoms with Crippen LogP contribution in [0, 0.1) is 13.8 Å². The van der Waals surface area contributed by atoms with E-state index in [1.54, 1.807) is 11.6 Å². The molecule has 2 N–H and O–H groups in total. The molecule has 0 spiro atoms. The third-order valence-corrected chi connectivity index (χ3v) is 3.95. The van der Waals surface area contributed by atoms with Crippen LogP contribution in [-0.2, 0) is 4.79 Å². The molecule has 0 unspecified atom stereocenters. The highest BCUT2D eigenvalue weighted by molar-refractivity contribution is 5.97. The monoisotopic (exact) mass is 329 g/mol. The molecule has 0 saturated heterocycles. The van der Waals surface area contributed by atoms with Crippen molar-refractivity contribution in [1.29, 1.82) is 0 Å². The lowest BCUT2D eigenvalue weighted by Gasteiger charge is -2.14. The van der Waals surface area contributed by atoms with Gasteiger partial charge in [-0.3, -0.25) is 4.79 Å². The van der Waals surface area contributed by atoms with Crippen molar-refractivity contribution in [1.82, 2.24) is 15.1 Å². The van der Waals surface area contributed by atoms with Gasteiger partial charge in [0.15, 0.2) is 0 Å². The molecule has 0 fully saturated rings. The Morgan fingerprint density at radius 1 is 1.33 bits per heavy atom. The van der Waals surface area contributed by atoms with E-state index in [4.69, 9.17) is 0 Å². The molecule has 0 radical (unpaired) electrons. The van der Waals surface area contributed by atoms with Crippen molar-refractivity contribution >= 4 is 11.9 Å². The van der Waals surface area contributed by atoms with Crippen molar-refractivity contribution in [3.05, 3.63) is 47.3 Å². The molecule has 1 aromatic carbocycles. The number of carboxylic acids is 1. The summed E-state index contributed by atoms with van der Waals surface area (Å²) in [6, 6.07) is 6.93. The van der Waals surface area contributed by atoms with E-state index in [0.717, 1.165) is 24.1 Å². The third kappa shape index (κ3) is 4.01. The number of nitrogens with one attached hydrogen (secondary N) is 1. The molecule has 0 saturated carbocycles. The summed E-state index contributed by atoms with van der Waals surface area (Å²) < 4.78 is 1.68. The van der Waals surface area contributed by atoms with E-state index in [9.17, 15) is 14.7 Å². The normalized spacial score (nSPS) is 12.0. The number of aryl methyl sites for hydroxylation is 1. The summed E-state index contributed by atoms with van der Waals surface area (Å²) in [6.07, 6.45) is 3.52. The highest BCUT2D eigenvalue weighted by Gasteiger charge is 2.22. The van der Waals surface area contributed by atoms with E-state index < -0.39 is 17.9 Å². The van der Waals surface area contributed by atoms with Gasteiger partial charge in [0, 0.05) is 0 Å². The molecule has 128 valence electrons. The molecule has 1 aromatic heterocycles. The number of unbranched alkanes of at least 4 members (excludes halogenated alkanes) is 1. The summed E-state index contributed by atoms with van der Waals surface area (Å²) in [5.41, 5.74) is 3.03. The zero-order valence-corrected chi connectivity index (χ0v) is 14.2. The molecule has 6 nitrogen and oxygen atoms in total. The van der Waals surface area contributed by atoms with Gasteiger partial charge in [-0.1, -0.05) is 31.9 Å². The van der Waals surface area contributed by atoms with Crippen LogP contribution < -0.4 is 5.32 Å². The van der Waals surface area contributed by atoms with E-state index in [2.05, 4.69) is 10.4 Å². The number of amides is 1. The standard InChI is InChI=1S/C18H23N3O3/c1-4-5-9-16(18(23)24)20-17(22)15-11-19-21(13(15)3)14-8-6-7-12(2)10-14/h6-8,10-11,16H,4-5,9H2,1-3H3,(H,20,22)(H,23,24)/t16-/m0/s1. The second-order valence-corrected chi connectivity index (χ2v) is 5.90. The highest BCUT2D eigenvalue weighted by Crippen LogP contribution is 2.16. The van der Waals surface area contributed by atoms with Crippen LogP contribution in [0.15, 0.2) is 30.5 Å². The topological polar surface area (TPSA) is 84.2 Å². The van der Waals surface area contributed by atoms with E-state index in [1.807, 2.05) is 38.1 Å². The van der Waals surface area contributed by atoms with Gasteiger partial charge in [-0.2, -0.15) is 5.10 Å². The molecule has 6 heteroatoms. The Morgan fingerprint density at radius 2 is 2.08 bits per heavy atom. The minimum absolute atomic E-state index is 0.388. The Kier molecular flexibility index (Phi) is 5.73. The zero-order chi connectivity index (χ0) is 17.7. The summed E-state index contributed by atoms with van der Waals surface area (Å²) in [5, 5.41) is 16.1. The fourth-order valence-corrected chi connectivity index (χ4v) is 2.55. The number of aliphatic carboxylic acids is 1. The lowest BCUT2D eigenvalue weighted by Crippen LogP contribution is -2.40. The number of nitrogens with zero attached hydrogens (tertiary/aromatic N) is 2. The van der Waals surface area contributed by atoms with Gasteiger partial charge in [-0.25, -0.2) is 9.48 Å². The highest BCUT2D eigenvalue weighted by atomic mass is 16.4. The minimum atomic E-state index is -1.01. The Labute approximate surface area is 141 Å². The fraction of sp³-hybridized carbons (Fsp3) is 0.389. The van der Waals surface area contributed by atoms with Crippen molar-refractivity contribution in [3.8, 4) is 5.69 Å². The zero-order valence-electron chi connectivity index (χ0n) is 14.2. The van der Waals surface area contributed by atoms with Crippen LogP contribution in [0.5, 0.6) is 0 Å². The summed E-state index contributed by atoms with van der Waals surface area (Å²) in [5.74, 6) is -1.42. The van der Waals surface area contributed by atoms with Crippen molar-refractivity contribution in [2.24, 2.45) is 0 Å². The molecule has 24 heavy (non-hydrogen) atoms. The molecule has 2 aromatic rings. The second kappa shape index (κ2) is 7.77. The fourth-order valence-electron chi connectivity index (χ4n) is 2.55. The maximum Gasteiger partial charge on any atom is 0.326 e. The summed E-state index contributed by atoms with van der Waals surface area (Å²) in [7, 11) is 0. The first-order valence-corrected chi connectivity index (χ1v) is 8.09. The quantitative estimate of drug-likeness (QED) is 0.818. The van der Waals surface area contributed by atoms with Crippen LogP contribution in [0.25, 0.3) is 5.69 Å². The van der Waals surface area contributed by atoms with Gasteiger partial charge < -0.3 is 10.4 Å². The lowest BCUT2D eigenvalue weighted by molar-refractivity contribution is -0.139. The summed E-state index contributed by atoms with van der Waals surface area (Å²) in [6.45, 7) is 5.77. The molecule has 0 bridgehead atoms. The predicted molar refractivity (Wildman–Crippen MR) is 91.5 cm³/mol. The summed E-state index contributed by atoms with van der Waals surface area (Å²) in [4.78, 5) is 23.7. The lowest BCUT2D eigenvalue weighted by atomic mass is 10.1. The molecule has 2 rings (SSSR count). The average Bonchev–Trinajstić information content (AvgIpc) is 2.92. The molecular weight excluding hydrogens is 306 g/mol. The minimum Gasteiger partial charge on any atom is -0.480 e. The van der Waals surface area contributed by atoms with Gasteiger partial charge in [0.25, 0.3) is 5.91 Å². The molecular formula is C18H23N3O3. The Morgan fingerprint density at radius 3 is 2.71 bits per heavy atom. The van der Waals surface area contributed by atoms with Gasteiger partial charge >= 0.3 is 5.97 Å². The van der Waals surface area contributed by atoms with Crippen LogP contribution in [0.1, 0.15) is 47.8 Å². The van der Waals surface area contributed by atoms with Crippen molar-refractivity contribution < 1.29 is 14.7 Å². The van der Waals surface area contributed by atoms with Crippen LogP contribution in [0.4, 0.5) is 0 Å². The van der Waals surface area contributed by atoms with Gasteiger partial charge in [-0.05, 0) is 38.0 Å². The van der Waals surface area contributed by atoms with E-state index in [0.29, 0.717) is 17.7 Å². The maximum absolute atomic E-state index is 12.4. The number of carboxylic acid groups (broad SMARTS) is 1. The van der Waals surface area contributed by atoms with E-state index in [1.165, 1.54) is 6.20 Å². The number of rotatable bonds is 7. The van der Waals surface area contributed by atoms with Crippen molar-refractivity contribution in [2.45, 2.75) is 46.1 Å². The van der Waals surface area contributed by atoms with Crippen LogP contribution in [0.3, 0.4) is 0 Å². The van der Waals surface area contributed by atoms with Gasteiger partial charge in [0.05, 0.1) is 23.1 Å². The number of carbonyl (C=O) groups is 2. The number of carbonyl (C=O) groups excluding carboxylic acids is 1. The number of benzene rings is 1. The molecule has 1 amide bonds. The molecule has 0 aliphatic heterocycles. The molecule has 0 aliphatic rings. The van der Waals surface area contributed by atoms with Gasteiger partial charge in [0.2, 0.25) is 0 Å². The number of aromatic nitrogens is 2. The first-order valence-electron chi connectivity index (χ1n) is 8.09. The average molecular weight is 329 g/mol. The Hall–Kier alpha value is -2.63. The van der Waals surface area contributed by atoms with Crippen LogP contribution >= 0.6 is 0 Å². The summed E-state index contributed by atoms with van der Waals surface area (Å²) >= 11 is 0. The van der Waals surface area contributed by atoms with Crippen LogP contribution in [0.2, 0.25) is 0 Å². The van der Waals surface area contributed by atoms with Gasteiger partial charge in [-0.15, -0.1) is 0 Å². The second-order valence-electron chi connectivity index (χ2n) is 5.90. The first kappa shape index (κ1) is 17.7. The number of hydrogen-bond donors (Lipinski definition) is 2. The third-order valence-electron chi connectivity index (χ3n) is 3.95. The largest absolute Gasteiger partial charge is 0.480 e. The maximum atomic E-state index is 12.4. The predicted octanol–water partition coefficient (Wildman–Crippen LogP) is 2.86. The van der Waals surface area contributed by atoms with Gasteiger partial charge in [0.1, 0.15) is 6.04 Å².